The Balaban J connectivity index is 2.41. The summed E-state index contributed by atoms with van der Waals surface area (Å²) >= 11 is 0. The van der Waals surface area contributed by atoms with E-state index in [0.717, 1.165) is 0 Å². The first-order valence-corrected chi connectivity index (χ1v) is 5.32. The predicted molar refractivity (Wildman–Crippen MR) is 63.9 cm³/mol. The molecule has 1 aromatic rings. The molecule has 2 heterocycles. The Labute approximate surface area is 100 Å². The highest BCUT2D eigenvalue weighted by atomic mass is 16.2. The second kappa shape index (κ2) is 3.82. The van der Waals surface area contributed by atoms with E-state index in [4.69, 9.17) is 6.42 Å². The highest BCUT2D eigenvalue weighted by Crippen LogP contribution is 2.30. The first kappa shape index (κ1) is 11.6. The molecule has 5 heteroatoms. The summed E-state index contributed by atoms with van der Waals surface area (Å²) in [5, 5.41) is 3.31. The molecular weight excluding hydrogens is 216 g/mol. The lowest BCUT2D eigenvalue weighted by Crippen LogP contribution is -2.45. The lowest BCUT2D eigenvalue weighted by molar-refractivity contribution is -0.118. The third kappa shape index (κ3) is 1.87. The van der Waals surface area contributed by atoms with Crippen molar-refractivity contribution < 1.29 is 4.79 Å². The second-order valence-corrected chi connectivity index (χ2v) is 4.60. The van der Waals surface area contributed by atoms with Crippen molar-refractivity contribution in [2.45, 2.75) is 25.8 Å². The standard InChI is InChI=1S/C12H14N4O/c1-5-9-6-7-13-11(14-9)16-10(17)8-12(2,3)15(16)4/h1,6-7H,8H2,2-4H3. The Bertz CT molecular complexity index is 503. The van der Waals surface area contributed by atoms with E-state index in [9.17, 15) is 4.79 Å². The van der Waals surface area contributed by atoms with E-state index in [0.29, 0.717) is 18.1 Å². The second-order valence-electron chi connectivity index (χ2n) is 4.60. The zero-order valence-electron chi connectivity index (χ0n) is 10.1. The van der Waals surface area contributed by atoms with Crippen LogP contribution in [0.1, 0.15) is 26.0 Å². The number of carbonyl (C=O) groups is 1. The van der Waals surface area contributed by atoms with Crippen LogP contribution in [0.25, 0.3) is 0 Å². The van der Waals surface area contributed by atoms with Gasteiger partial charge >= 0.3 is 0 Å². The van der Waals surface area contributed by atoms with Gasteiger partial charge in [0.1, 0.15) is 5.69 Å². The van der Waals surface area contributed by atoms with Crippen LogP contribution in [0.15, 0.2) is 12.3 Å². The molecule has 0 N–H and O–H groups in total. The number of anilines is 1. The summed E-state index contributed by atoms with van der Waals surface area (Å²) in [6.07, 6.45) is 7.28. The molecule has 1 aromatic heterocycles. The summed E-state index contributed by atoms with van der Waals surface area (Å²) in [7, 11) is 1.84. The van der Waals surface area contributed by atoms with Crippen LogP contribution in [0.2, 0.25) is 0 Å². The minimum absolute atomic E-state index is 0.0216. The molecule has 1 aliphatic heterocycles. The molecule has 5 nitrogen and oxygen atoms in total. The van der Waals surface area contributed by atoms with Gasteiger partial charge in [-0.25, -0.2) is 20.0 Å². The van der Waals surface area contributed by atoms with Crippen LogP contribution in [-0.4, -0.2) is 33.5 Å². The van der Waals surface area contributed by atoms with Gasteiger partial charge in [-0.05, 0) is 19.9 Å². The molecule has 0 aromatic carbocycles. The van der Waals surface area contributed by atoms with Crippen molar-refractivity contribution in [2.75, 3.05) is 12.1 Å². The van der Waals surface area contributed by atoms with Crippen molar-refractivity contribution in [3.63, 3.8) is 0 Å². The van der Waals surface area contributed by atoms with Gasteiger partial charge in [0.05, 0.1) is 0 Å². The molecule has 0 radical (unpaired) electrons. The SMILES string of the molecule is C#Cc1ccnc(N2C(=O)CC(C)(C)N2C)n1. The third-order valence-electron chi connectivity index (χ3n) is 2.98. The van der Waals surface area contributed by atoms with Gasteiger partial charge in [0.25, 0.3) is 0 Å². The van der Waals surface area contributed by atoms with E-state index in [2.05, 4.69) is 15.9 Å². The largest absolute Gasteiger partial charge is 0.273 e. The van der Waals surface area contributed by atoms with Crippen LogP contribution in [0, 0.1) is 12.3 Å². The molecule has 1 aliphatic rings. The molecule has 1 amide bonds. The average molecular weight is 230 g/mol. The number of amides is 1. The molecule has 1 saturated heterocycles. The van der Waals surface area contributed by atoms with E-state index >= 15 is 0 Å². The van der Waals surface area contributed by atoms with Gasteiger partial charge in [-0.3, -0.25) is 4.79 Å². The molecule has 0 saturated carbocycles. The van der Waals surface area contributed by atoms with Crippen molar-refractivity contribution in [3.8, 4) is 12.3 Å². The minimum Gasteiger partial charge on any atom is -0.273 e. The van der Waals surface area contributed by atoms with Gasteiger partial charge < -0.3 is 0 Å². The maximum absolute atomic E-state index is 12.0. The van der Waals surface area contributed by atoms with Crippen LogP contribution >= 0.6 is 0 Å². The van der Waals surface area contributed by atoms with Crippen LogP contribution in [0.3, 0.4) is 0 Å². The van der Waals surface area contributed by atoms with Gasteiger partial charge in [-0.1, -0.05) is 5.92 Å². The first-order valence-electron chi connectivity index (χ1n) is 5.32. The van der Waals surface area contributed by atoms with Gasteiger partial charge in [-0.15, -0.1) is 6.42 Å². The van der Waals surface area contributed by atoms with E-state index in [1.165, 1.54) is 5.01 Å². The number of hydrogen-bond acceptors (Lipinski definition) is 4. The number of terminal acetylenes is 1. The number of rotatable bonds is 1. The lowest BCUT2D eigenvalue weighted by atomic mass is 10.0. The number of nitrogens with zero attached hydrogens (tertiary/aromatic N) is 4. The monoisotopic (exact) mass is 230 g/mol. The van der Waals surface area contributed by atoms with Gasteiger partial charge in [-0.2, -0.15) is 0 Å². The zero-order chi connectivity index (χ0) is 12.6. The Morgan fingerprint density at radius 3 is 2.76 bits per heavy atom. The molecule has 0 atom stereocenters. The summed E-state index contributed by atoms with van der Waals surface area (Å²) in [4.78, 5) is 20.2. The van der Waals surface area contributed by atoms with Crippen molar-refractivity contribution in [1.29, 1.82) is 0 Å². The van der Waals surface area contributed by atoms with Crippen LogP contribution in [-0.2, 0) is 4.79 Å². The molecule has 88 valence electrons. The van der Waals surface area contributed by atoms with E-state index < -0.39 is 0 Å². The summed E-state index contributed by atoms with van der Waals surface area (Å²) in [6.45, 7) is 3.99. The fraction of sp³-hybridized carbons (Fsp3) is 0.417. The molecule has 2 rings (SSSR count). The molecule has 0 spiro atoms. The zero-order valence-corrected chi connectivity index (χ0v) is 10.1. The average Bonchev–Trinajstić information content (AvgIpc) is 2.48. The van der Waals surface area contributed by atoms with Crippen molar-refractivity contribution in [1.82, 2.24) is 15.0 Å². The molecule has 0 unspecified atom stereocenters. The summed E-state index contributed by atoms with van der Waals surface area (Å²) < 4.78 is 0. The van der Waals surface area contributed by atoms with Gasteiger partial charge in [0, 0.05) is 25.2 Å². The predicted octanol–water partition coefficient (Wildman–Crippen LogP) is 0.820. The van der Waals surface area contributed by atoms with Crippen molar-refractivity contribution >= 4 is 11.9 Å². The Morgan fingerprint density at radius 2 is 2.24 bits per heavy atom. The molecule has 1 fully saturated rings. The quantitative estimate of drug-likeness (QED) is 0.670. The number of hydrogen-bond donors (Lipinski definition) is 0. The minimum atomic E-state index is -0.230. The van der Waals surface area contributed by atoms with Crippen LogP contribution in [0.5, 0.6) is 0 Å². The Kier molecular flexibility index (Phi) is 2.60. The highest BCUT2D eigenvalue weighted by molar-refractivity contribution is 5.93. The van der Waals surface area contributed by atoms with Gasteiger partial charge in [0.15, 0.2) is 0 Å². The van der Waals surface area contributed by atoms with Crippen molar-refractivity contribution in [3.05, 3.63) is 18.0 Å². The van der Waals surface area contributed by atoms with E-state index in [-0.39, 0.29) is 11.4 Å². The number of carbonyl (C=O) groups excluding carboxylic acids is 1. The van der Waals surface area contributed by atoms with E-state index in [1.807, 2.05) is 25.9 Å². The van der Waals surface area contributed by atoms with Crippen LogP contribution in [0.4, 0.5) is 5.95 Å². The fourth-order valence-electron chi connectivity index (χ4n) is 1.77. The number of hydrazine groups is 1. The smallest absolute Gasteiger partial charge is 0.248 e. The van der Waals surface area contributed by atoms with Crippen LogP contribution < -0.4 is 5.01 Å². The topological polar surface area (TPSA) is 49.3 Å². The molecule has 0 bridgehead atoms. The van der Waals surface area contributed by atoms with Gasteiger partial charge in [0.2, 0.25) is 11.9 Å². The van der Waals surface area contributed by atoms with Crippen molar-refractivity contribution in [2.24, 2.45) is 0 Å². The summed E-state index contributed by atoms with van der Waals surface area (Å²) in [5.41, 5.74) is 0.243. The maximum atomic E-state index is 12.0. The Hall–Kier alpha value is -1.93. The highest BCUT2D eigenvalue weighted by Gasteiger charge is 2.43. The Morgan fingerprint density at radius 1 is 1.53 bits per heavy atom. The molecule has 0 aliphatic carbocycles. The normalized spacial score (nSPS) is 19.4. The lowest BCUT2D eigenvalue weighted by Gasteiger charge is -2.31. The first-order chi connectivity index (χ1) is 7.95. The number of aromatic nitrogens is 2. The van der Waals surface area contributed by atoms with E-state index in [1.54, 1.807) is 12.3 Å². The summed E-state index contributed by atoms with van der Waals surface area (Å²) in [6, 6.07) is 1.63. The molecular formula is C12H14N4O. The fourth-order valence-corrected chi connectivity index (χ4v) is 1.77. The summed E-state index contributed by atoms with van der Waals surface area (Å²) in [5.74, 6) is 2.74. The maximum Gasteiger partial charge on any atom is 0.248 e. The third-order valence-corrected chi connectivity index (χ3v) is 2.98. The molecule has 17 heavy (non-hydrogen) atoms.